The lowest BCUT2D eigenvalue weighted by Crippen LogP contribution is -2.31. The van der Waals surface area contributed by atoms with Crippen molar-refractivity contribution >= 4 is 27.3 Å². The first kappa shape index (κ1) is 12.2. The summed E-state index contributed by atoms with van der Waals surface area (Å²) in [7, 11) is 0. The Hall–Kier alpha value is 0.100. The maximum atomic E-state index is 5.57. The maximum Gasteiger partial charge on any atom is 0.0484 e. The highest BCUT2D eigenvalue weighted by Gasteiger charge is 2.21. The van der Waals surface area contributed by atoms with Gasteiger partial charge in [-0.1, -0.05) is 20.8 Å². The van der Waals surface area contributed by atoms with Crippen LogP contribution in [-0.2, 0) is 0 Å². The number of thiophene rings is 1. The minimum atomic E-state index is 0.232. The zero-order valence-electron chi connectivity index (χ0n) is 8.80. The van der Waals surface area contributed by atoms with Gasteiger partial charge in [-0.25, -0.2) is 0 Å². The van der Waals surface area contributed by atoms with Crippen LogP contribution in [-0.4, -0.2) is 0 Å². The molecule has 1 atom stereocenters. The highest BCUT2D eigenvalue weighted by atomic mass is 79.9. The molecule has 1 unspecified atom stereocenters. The molecule has 1 heterocycles. The molecule has 2 nitrogen and oxygen atoms in total. The van der Waals surface area contributed by atoms with E-state index in [0.717, 1.165) is 10.9 Å². The smallest absolute Gasteiger partial charge is 0.0484 e. The molecule has 0 spiro atoms. The van der Waals surface area contributed by atoms with Crippen LogP contribution in [0.4, 0.5) is 0 Å². The van der Waals surface area contributed by atoms with Gasteiger partial charge in [0.05, 0.1) is 0 Å². The largest absolute Gasteiger partial charge is 0.271 e. The number of hydrogen-bond acceptors (Lipinski definition) is 3. The van der Waals surface area contributed by atoms with Crippen LogP contribution in [0.1, 0.15) is 38.8 Å². The van der Waals surface area contributed by atoms with E-state index in [4.69, 9.17) is 5.84 Å². The van der Waals surface area contributed by atoms with Gasteiger partial charge in [-0.05, 0) is 38.7 Å². The molecule has 0 fully saturated rings. The molecule has 4 heteroatoms. The van der Waals surface area contributed by atoms with Gasteiger partial charge in [0, 0.05) is 15.9 Å². The van der Waals surface area contributed by atoms with Crippen LogP contribution < -0.4 is 11.3 Å². The summed E-state index contributed by atoms with van der Waals surface area (Å²) >= 11 is 5.22. The van der Waals surface area contributed by atoms with Gasteiger partial charge < -0.3 is 0 Å². The molecule has 1 aromatic rings. The SMILES string of the molecule is CC(C)(C)CC(NN)c1cscc1Br. The van der Waals surface area contributed by atoms with Gasteiger partial charge in [0.2, 0.25) is 0 Å². The lowest BCUT2D eigenvalue weighted by atomic mass is 9.86. The number of nitrogens with one attached hydrogen (secondary N) is 1. The molecular formula is C10H17BrN2S. The third-order valence-corrected chi connectivity index (χ3v) is 3.79. The van der Waals surface area contributed by atoms with E-state index in [0.29, 0.717) is 0 Å². The van der Waals surface area contributed by atoms with Crippen molar-refractivity contribution in [3.05, 3.63) is 20.8 Å². The highest BCUT2D eigenvalue weighted by Crippen LogP contribution is 2.34. The van der Waals surface area contributed by atoms with E-state index in [1.54, 1.807) is 11.3 Å². The summed E-state index contributed by atoms with van der Waals surface area (Å²) < 4.78 is 1.15. The Balaban J connectivity index is 2.78. The second-order valence-corrected chi connectivity index (χ2v) is 6.26. The molecule has 14 heavy (non-hydrogen) atoms. The summed E-state index contributed by atoms with van der Waals surface area (Å²) in [5, 5.41) is 4.22. The van der Waals surface area contributed by atoms with Crippen LogP contribution in [0.3, 0.4) is 0 Å². The van der Waals surface area contributed by atoms with Crippen LogP contribution in [0.5, 0.6) is 0 Å². The quantitative estimate of drug-likeness (QED) is 0.656. The van der Waals surface area contributed by atoms with Crippen molar-refractivity contribution in [3.63, 3.8) is 0 Å². The predicted octanol–water partition coefficient (Wildman–Crippen LogP) is 3.45. The van der Waals surface area contributed by atoms with E-state index in [9.17, 15) is 0 Å². The fraction of sp³-hybridized carbons (Fsp3) is 0.600. The lowest BCUT2D eigenvalue weighted by molar-refractivity contribution is 0.313. The van der Waals surface area contributed by atoms with Crippen LogP contribution in [0, 0.1) is 5.41 Å². The van der Waals surface area contributed by atoms with Crippen molar-refractivity contribution in [1.29, 1.82) is 0 Å². The summed E-state index contributed by atoms with van der Waals surface area (Å²) in [4.78, 5) is 0. The van der Waals surface area contributed by atoms with E-state index in [1.807, 2.05) is 0 Å². The highest BCUT2D eigenvalue weighted by molar-refractivity contribution is 9.10. The molecule has 0 amide bonds. The first-order valence-corrected chi connectivity index (χ1v) is 6.35. The van der Waals surface area contributed by atoms with E-state index >= 15 is 0 Å². The average molecular weight is 277 g/mol. The average Bonchev–Trinajstić information content (AvgIpc) is 2.45. The Bertz CT molecular complexity index is 291. The molecule has 0 aromatic carbocycles. The molecule has 1 rings (SSSR count). The molecule has 0 radical (unpaired) electrons. The topological polar surface area (TPSA) is 38.0 Å². The second kappa shape index (κ2) is 4.75. The zero-order chi connectivity index (χ0) is 10.8. The van der Waals surface area contributed by atoms with Crippen molar-refractivity contribution in [2.45, 2.75) is 33.2 Å². The Labute approximate surface area is 98.0 Å². The summed E-state index contributed by atoms with van der Waals surface area (Å²) in [5.41, 5.74) is 4.41. The molecule has 1 aromatic heterocycles. The molecule has 0 saturated heterocycles. The first-order chi connectivity index (χ1) is 6.44. The molecule has 0 aliphatic carbocycles. The summed E-state index contributed by atoms with van der Waals surface area (Å²) in [6, 6.07) is 0.232. The molecule has 0 saturated carbocycles. The number of rotatable bonds is 3. The van der Waals surface area contributed by atoms with Crippen molar-refractivity contribution in [1.82, 2.24) is 5.43 Å². The second-order valence-electron chi connectivity index (χ2n) is 4.66. The fourth-order valence-corrected chi connectivity index (χ4v) is 3.04. The van der Waals surface area contributed by atoms with Crippen molar-refractivity contribution in [2.24, 2.45) is 11.3 Å². The van der Waals surface area contributed by atoms with Crippen LogP contribution >= 0.6 is 27.3 Å². The summed E-state index contributed by atoms with van der Waals surface area (Å²) in [6.45, 7) is 6.66. The monoisotopic (exact) mass is 276 g/mol. The van der Waals surface area contributed by atoms with Gasteiger partial charge in [-0.15, -0.1) is 0 Å². The molecule has 0 bridgehead atoms. The van der Waals surface area contributed by atoms with Crippen LogP contribution in [0.25, 0.3) is 0 Å². The number of halogens is 1. The summed E-state index contributed by atoms with van der Waals surface area (Å²) in [5.74, 6) is 5.57. The molecule has 80 valence electrons. The normalized spacial score (nSPS) is 14.4. The Morgan fingerprint density at radius 1 is 1.50 bits per heavy atom. The van der Waals surface area contributed by atoms with Gasteiger partial charge in [0.25, 0.3) is 0 Å². The molecule has 0 aliphatic heterocycles. The number of hydrazine groups is 1. The standard InChI is InChI=1S/C10H17BrN2S/c1-10(2,3)4-9(13-12)7-5-14-6-8(7)11/h5-6,9,13H,4,12H2,1-3H3. The van der Waals surface area contributed by atoms with Gasteiger partial charge >= 0.3 is 0 Å². The molecule has 3 N–H and O–H groups in total. The zero-order valence-corrected chi connectivity index (χ0v) is 11.2. The minimum absolute atomic E-state index is 0.232. The fourth-order valence-electron chi connectivity index (χ4n) is 1.41. The van der Waals surface area contributed by atoms with E-state index < -0.39 is 0 Å². The predicted molar refractivity (Wildman–Crippen MR) is 66.2 cm³/mol. The van der Waals surface area contributed by atoms with Gasteiger partial charge in [-0.3, -0.25) is 11.3 Å². The van der Waals surface area contributed by atoms with Crippen molar-refractivity contribution in [2.75, 3.05) is 0 Å². The number of nitrogens with two attached hydrogens (primary N) is 1. The van der Waals surface area contributed by atoms with Crippen molar-refractivity contribution < 1.29 is 0 Å². The maximum absolute atomic E-state index is 5.57. The number of hydrogen-bond donors (Lipinski definition) is 2. The van der Waals surface area contributed by atoms with Gasteiger partial charge in [0.15, 0.2) is 0 Å². The van der Waals surface area contributed by atoms with Crippen LogP contribution in [0.15, 0.2) is 15.2 Å². The van der Waals surface area contributed by atoms with Crippen molar-refractivity contribution in [3.8, 4) is 0 Å². The van der Waals surface area contributed by atoms with E-state index in [2.05, 4.69) is 52.9 Å². The molecular weight excluding hydrogens is 260 g/mol. The third kappa shape index (κ3) is 3.35. The molecule has 0 aliphatic rings. The van der Waals surface area contributed by atoms with Gasteiger partial charge in [-0.2, -0.15) is 11.3 Å². The third-order valence-electron chi connectivity index (χ3n) is 2.04. The van der Waals surface area contributed by atoms with E-state index in [-0.39, 0.29) is 11.5 Å². The van der Waals surface area contributed by atoms with E-state index in [1.165, 1.54) is 5.56 Å². The Morgan fingerprint density at radius 3 is 2.50 bits per heavy atom. The Morgan fingerprint density at radius 2 is 2.14 bits per heavy atom. The van der Waals surface area contributed by atoms with Gasteiger partial charge in [0.1, 0.15) is 0 Å². The van der Waals surface area contributed by atoms with Crippen LogP contribution in [0.2, 0.25) is 0 Å². The lowest BCUT2D eigenvalue weighted by Gasteiger charge is -2.25. The first-order valence-electron chi connectivity index (χ1n) is 4.62. The summed E-state index contributed by atoms with van der Waals surface area (Å²) in [6.07, 6.45) is 1.03. The Kier molecular flexibility index (Phi) is 4.13. The minimum Gasteiger partial charge on any atom is -0.271 e.